The van der Waals surface area contributed by atoms with E-state index in [0.717, 1.165) is 42.3 Å². The van der Waals surface area contributed by atoms with E-state index in [4.69, 9.17) is 16.1 Å². The first-order valence-electron chi connectivity index (χ1n) is 6.59. The monoisotopic (exact) mass is 277 g/mol. The maximum atomic E-state index is 5.86. The van der Waals surface area contributed by atoms with E-state index >= 15 is 0 Å². The Kier molecular flexibility index (Phi) is 3.80. The van der Waals surface area contributed by atoms with Gasteiger partial charge in [0.05, 0.1) is 6.42 Å². The summed E-state index contributed by atoms with van der Waals surface area (Å²) in [5.74, 6) is 1.96. The van der Waals surface area contributed by atoms with Gasteiger partial charge in [0, 0.05) is 10.9 Å². The molecule has 19 heavy (non-hydrogen) atoms. The summed E-state index contributed by atoms with van der Waals surface area (Å²) < 4.78 is 5.34. The third-order valence-corrected chi connectivity index (χ3v) is 3.71. The normalized spacial score (nSPS) is 16.7. The van der Waals surface area contributed by atoms with Crippen molar-refractivity contribution in [2.24, 2.45) is 0 Å². The molecule has 0 radical (unpaired) electrons. The molecule has 0 amide bonds. The first kappa shape index (κ1) is 12.6. The molecule has 0 bridgehead atoms. The molecule has 1 aliphatic rings. The van der Waals surface area contributed by atoms with Crippen LogP contribution in [0.25, 0.3) is 0 Å². The zero-order valence-corrected chi connectivity index (χ0v) is 11.4. The molecule has 2 heterocycles. The van der Waals surface area contributed by atoms with Crippen molar-refractivity contribution in [2.45, 2.75) is 25.2 Å². The highest BCUT2D eigenvalue weighted by molar-refractivity contribution is 6.30. The van der Waals surface area contributed by atoms with Gasteiger partial charge in [-0.3, -0.25) is 0 Å². The van der Waals surface area contributed by atoms with Crippen molar-refractivity contribution in [3.63, 3.8) is 0 Å². The largest absolute Gasteiger partial charge is 0.339 e. The van der Waals surface area contributed by atoms with E-state index < -0.39 is 0 Å². The van der Waals surface area contributed by atoms with Gasteiger partial charge in [-0.15, -0.1) is 0 Å². The van der Waals surface area contributed by atoms with Crippen LogP contribution < -0.4 is 5.32 Å². The Morgan fingerprint density at radius 2 is 1.95 bits per heavy atom. The van der Waals surface area contributed by atoms with E-state index in [1.165, 1.54) is 0 Å². The van der Waals surface area contributed by atoms with E-state index in [9.17, 15) is 0 Å². The Balaban J connectivity index is 1.68. The topological polar surface area (TPSA) is 51.0 Å². The maximum absolute atomic E-state index is 5.86. The molecule has 5 heteroatoms. The molecule has 1 aromatic carbocycles. The zero-order valence-electron chi connectivity index (χ0n) is 10.6. The molecule has 1 saturated heterocycles. The highest BCUT2D eigenvalue weighted by atomic mass is 35.5. The van der Waals surface area contributed by atoms with Gasteiger partial charge in [0.1, 0.15) is 0 Å². The number of aromatic nitrogens is 2. The van der Waals surface area contributed by atoms with Crippen molar-refractivity contribution in [2.75, 3.05) is 13.1 Å². The molecule has 3 rings (SSSR count). The number of nitrogens with zero attached hydrogens (tertiary/aromatic N) is 2. The van der Waals surface area contributed by atoms with E-state index in [1.54, 1.807) is 0 Å². The Hall–Kier alpha value is -1.39. The Labute approximate surface area is 117 Å². The molecule has 1 N–H and O–H groups in total. The number of hydrogen-bond donors (Lipinski definition) is 1. The summed E-state index contributed by atoms with van der Waals surface area (Å²) >= 11 is 5.86. The quantitative estimate of drug-likeness (QED) is 0.937. The first-order chi connectivity index (χ1) is 9.31. The van der Waals surface area contributed by atoms with Gasteiger partial charge < -0.3 is 9.84 Å². The number of hydrogen-bond acceptors (Lipinski definition) is 4. The van der Waals surface area contributed by atoms with Crippen LogP contribution in [0.5, 0.6) is 0 Å². The minimum Gasteiger partial charge on any atom is -0.339 e. The molecule has 0 aliphatic carbocycles. The number of halogens is 1. The van der Waals surface area contributed by atoms with Gasteiger partial charge in [0.2, 0.25) is 5.89 Å². The number of nitrogens with one attached hydrogen (secondary N) is 1. The third-order valence-electron chi connectivity index (χ3n) is 3.46. The molecule has 1 aliphatic heterocycles. The molecule has 1 aromatic heterocycles. The van der Waals surface area contributed by atoms with Crippen LogP contribution in [0.3, 0.4) is 0 Å². The minimum absolute atomic E-state index is 0.434. The van der Waals surface area contributed by atoms with Crippen LogP contribution in [0.4, 0.5) is 0 Å². The lowest BCUT2D eigenvalue weighted by Crippen LogP contribution is -2.27. The van der Waals surface area contributed by atoms with Crippen molar-refractivity contribution < 1.29 is 4.52 Å². The van der Waals surface area contributed by atoms with Gasteiger partial charge in [-0.25, -0.2) is 0 Å². The van der Waals surface area contributed by atoms with Gasteiger partial charge in [-0.1, -0.05) is 28.9 Å². The standard InChI is InChI=1S/C14H16ClN3O/c15-12-3-1-10(2-4-12)9-13-17-14(18-19-13)11-5-7-16-8-6-11/h1-4,11,16H,5-9H2. The second kappa shape index (κ2) is 5.72. The van der Waals surface area contributed by atoms with Crippen LogP contribution in [0.2, 0.25) is 5.02 Å². The Morgan fingerprint density at radius 1 is 1.21 bits per heavy atom. The molecule has 0 saturated carbocycles. The molecule has 1 fully saturated rings. The van der Waals surface area contributed by atoms with Crippen LogP contribution in [0, 0.1) is 0 Å². The minimum atomic E-state index is 0.434. The summed E-state index contributed by atoms with van der Waals surface area (Å²) in [7, 11) is 0. The van der Waals surface area contributed by atoms with Crippen LogP contribution in [-0.2, 0) is 6.42 Å². The van der Waals surface area contributed by atoms with Crippen molar-refractivity contribution in [1.29, 1.82) is 0 Å². The Morgan fingerprint density at radius 3 is 2.68 bits per heavy atom. The van der Waals surface area contributed by atoms with Gasteiger partial charge in [0.25, 0.3) is 0 Å². The van der Waals surface area contributed by atoms with Crippen LogP contribution >= 0.6 is 11.6 Å². The summed E-state index contributed by atoms with van der Waals surface area (Å²) in [5.41, 5.74) is 1.13. The summed E-state index contributed by atoms with van der Waals surface area (Å²) in [6, 6.07) is 7.72. The van der Waals surface area contributed by atoms with Crippen LogP contribution in [-0.4, -0.2) is 23.2 Å². The number of benzene rings is 1. The third kappa shape index (κ3) is 3.14. The molecular formula is C14H16ClN3O. The molecular weight excluding hydrogens is 262 g/mol. The lowest BCUT2D eigenvalue weighted by molar-refractivity contribution is 0.365. The summed E-state index contributed by atoms with van der Waals surface area (Å²) in [6.07, 6.45) is 2.83. The lowest BCUT2D eigenvalue weighted by Gasteiger charge is -2.18. The van der Waals surface area contributed by atoms with E-state index in [1.807, 2.05) is 24.3 Å². The smallest absolute Gasteiger partial charge is 0.231 e. The number of piperidine rings is 1. The lowest BCUT2D eigenvalue weighted by atomic mass is 9.98. The van der Waals surface area contributed by atoms with Crippen LogP contribution in [0.1, 0.15) is 36.0 Å². The summed E-state index contributed by atoms with van der Waals surface area (Å²) in [6.45, 7) is 2.07. The fourth-order valence-electron chi connectivity index (χ4n) is 2.36. The van der Waals surface area contributed by atoms with Crippen molar-refractivity contribution in [3.05, 3.63) is 46.6 Å². The van der Waals surface area contributed by atoms with E-state index in [0.29, 0.717) is 18.2 Å². The summed E-state index contributed by atoms with van der Waals surface area (Å²) in [4.78, 5) is 4.51. The number of rotatable bonds is 3. The molecule has 0 atom stereocenters. The zero-order chi connectivity index (χ0) is 13.1. The first-order valence-corrected chi connectivity index (χ1v) is 6.97. The molecule has 0 spiro atoms. The average Bonchev–Trinajstić information content (AvgIpc) is 2.91. The van der Waals surface area contributed by atoms with Gasteiger partial charge in [-0.05, 0) is 43.6 Å². The molecule has 2 aromatic rings. The van der Waals surface area contributed by atoms with E-state index in [-0.39, 0.29) is 0 Å². The molecule has 4 nitrogen and oxygen atoms in total. The second-order valence-electron chi connectivity index (χ2n) is 4.87. The van der Waals surface area contributed by atoms with Gasteiger partial charge in [0.15, 0.2) is 5.82 Å². The highest BCUT2D eigenvalue weighted by Gasteiger charge is 2.20. The SMILES string of the molecule is Clc1ccc(Cc2nc(C3CCNCC3)no2)cc1. The second-order valence-corrected chi connectivity index (χ2v) is 5.31. The Bertz CT molecular complexity index is 532. The van der Waals surface area contributed by atoms with Gasteiger partial charge >= 0.3 is 0 Å². The van der Waals surface area contributed by atoms with Crippen molar-refractivity contribution in [3.8, 4) is 0 Å². The fourth-order valence-corrected chi connectivity index (χ4v) is 2.49. The van der Waals surface area contributed by atoms with Crippen molar-refractivity contribution in [1.82, 2.24) is 15.5 Å². The molecule has 100 valence electrons. The van der Waals surface area contributed by atoms with Crippen molar-refractivity contribution >= 4 is 11.6 Å². The predicted molar refractivity (Wildman–Crippen MR) is 73.4 cm³/mol. The molecule has 0 unspecified atom stereocenters. The fraction of sp³-hybridized carbons (Fsp3) is 0.429. The average molecular weight is 278 g/mol. The van der Waals surface area contributed by atoms with Crippen LogP contribution in [0.15, 0.2) is 28.8 Å². The maximum Gasteiger partial charge on any atom is 0.231 e. The highest BCUT2D eigenvalue weighted by Crippen LogP contribution is 2.23. The van der Waals surface area contributed by atoms with Gasteiger partial charge in [-0.2, -0.15) is 4.98 Å². The predicted octanol–water partition coefficient (Wildman–Crippen LogP) is 2.78. The summed E-state index contributed by atoms with van der Waals surface area (Å²) in [5, 5.41) is 8.19. The van der Waals surface area contributed by atoms with E-state index in [2.05, 4.69) is 15.5 Å².